The van der Waals surface area contributed by atoms with E-state index in [1.165, 1.54) is 12.4 Å². The lowest BCUT2D eigenvalue weighted by Crippen LogP contribution is -2.15. The maximum Gasteiger partial charge on any atom is 0.338 e. The highest BCUT2D eigenvalue weighted by atomic mass is 35.5. The van der Waals surface area contributed by atoms with Crippen LogP contribution in [0.4, 0.5) is 0 Å². The summed E-state index contributed by atoms with van der Waals surface area (Å²) in [5.41, 5.74) is 2.60. The van der Waals surface area contributed by atoms with E-state index in [0.717, 1.165) is 22.6 Å². The molecule has 198 valence electrons. The summed E-state index contributed by atoms with van der Waals surface area (Å²) in [6.45, 7) is 4.53. The van der Waals surface area contributed by atoms with Crippen LogP contribution in [0.2, 0.25) is 5.02 Å². The summed E-state index contributed by atoms with van der Waals surface area (Å²) < 4.78 is 21.8. The van der Waals surface area contributed by atoms with Crippen LogP contribution in [-0.2, 0) is 11.3 Å². The third-order valence-electron chi connectivity index (χ3n) is 6.55. The van der Waals surface area contributed by atoms with Crippen LogP contribution in [0.5, 0.6) is 11.5 Å². The number of nitrogens with zero attached hydrogens (tertiary/aromatic N) is 5. The molecule has 0 spiro atoms. The molecular weight excluding hydrogens is 510 g/mol. The van der Waals surface area contributed by atoms with E-state index in [0.29, 0.717) is 35.3 Å². The molecule has 4 aromatic rings. The molecule has 0 fully saturated rings. The van der Waals surface area contributed by atoms with Crippen LogP contribution in [0.1, 0.15) is 71.5 Å². The van der Waals surface area contributed by atoms with Crippen molar-refractivity contribution in [3.63, 3.8) is 0 Å². The van der Waals surface area contributed by atoms with Gasteiger partial charge in [-0.2, -0.15) is 5.10 Å². The van der Waals surface area contributed by atoms with Crippen molar-refractivity contribution in [3.05, 3.63) is 82.2 Å². The molecule has 1 N–H and O–H groups in total. The molecule has 0 radical (unpaired) electrons. The average molecular weight is 538 g/mol. The number of aryl methyl sites for hydroxylation is 1. The van der Waals surface area contributed by atoms with E-state index in [9.17, 15) is 9.90 Å². The zero-order valence-corrected chi connectivity index (χ0v) is 22.2. The van der Waals surface area contributed by atoms with E-state index >= 15 is 0 Å². The summed E-state index contributed by atoms with van der Waals surface area (Å²) in [6, 6.07) is 11.3. The Morgan fingerprint density at radius 2 is 1.97 bits per heavy atom. The average Bonchev–Trinajstić information content (AvgIpc) is 3.54. The molecule has 1 aliphatic rings. The van der Waals surface area contributed by atoms with Gasteiger partial charge in [-0.05, 0) is 24.3 Å². The Morgan fingerprint density at radius 3 is 2.66 bits per heavy atom. The van der Waals surface area contributed by atoms with E-state index in [2.05, 4.69) is 29.1 Å². The quantitative estimate of drug-likeness (QED) is 0.326. The normalized spacial score (nSPS) is 16.6. The lowest BCUT2D eigenvalue weighted by atomic mass is 9.98. The van der Waals surface area contributed by atoms with Crippen LogP contribution >= 0.6 is 11.6 Å². The van der Waals surface area contributed by atoms with Crippen molar-refractivity contribution in [3.8, 4) is 17.2 Å². The Balaban J connectivity index is 1.66. The molecule has 0 amide bonds. The smallest absolute Gasteiger partial charge is 0.338 e. The van der Waals surface area contributed by atoms with Crippen molar-refractivity contribution in [2.75, 3.05) is 14.2 Å². The van der Waals surface area contributed by atoms with Crippen molar-refractivity contribution in [2.45, 2.75) is 44.9 Å². The number of ether oxygens (including phenoxy) is 3. The predicted molar refractivity (Wildman–Crippen MR) is 139 cm³/mol. The first-order valence-corrected chi connectivity index (χ1v) is 12.6. The van der Waals surface area contributed by atoms with Crippen LogP contribution in [-0.4, -0.2) is 49.8 Å². The minimum atomic E-state index is -1.03. The zero-order chi connectivity index (χ0) is 27.0. The SMILES string of the molecule is COc1cccc([C@H]2O[C@H](CCn3cc(C(=O)O)cn3)c3nnc(C(C)C)n3-c3ccc(Cl)cc32)c1OC. The number of aromatic carboxylic acids is 1. The van der Waals surface area contributed by atoms with Gasteiger partial charge in [0.1, 0.15) is 18.0 Å². The molecular formula is C27H28ClN5O5. The predicted octanol–water partition coefficient (Wildman–Crippen LogP) is 5.21. The molecule has 3 heterocycles. The summed E-state index contributed by atoms with van der Waals surface area (Å²) in [4.78, 5) is 11.3. The van der Waals surface area contributed by atoms with Gasteiger partial charge in [0, 0.05) is 41.2 Å². The number of rotatable bonds is 8. The molecule has 0 unspecified atom stereocenters. The molecule has 2 atom stereocenters. The summed E-state index contributed by atoms with van der Waals surface area (Å²) >= 11 is 6.51. The third-order valence-corrected chi connectivity index (χ3v) is 6.78. The Kier molecular flexibility index (Phi) is 7.09. The van der Waals surface area contributed by atoms with E-state index in [1.807, 2.05) is 41.0 Å². The largest absolute Gasteiger partial charge is 0.493 e. The maximum absolute atomic E-state index is 11.3. The highest BCUT2D eigenvalue weighted by molar-refractivity contribution is 6.30. The topological polar surface area (TPSA) is 114 Å². The van der Waals surface area contributed by atoms with E-state index in [-0.39, 0.29) is 11.5 Å². The molecule has 0 saturated carbocycles. The first-order chi connectivity index (χ1) is 18.3. The van der Waals surface area contributed by atoms with Crippen LogP contribution in [0, 0.1) is 0 Å². The number of aromatic nitrogens is 5. The first-order valence-electron chi connectivity index (χ1n) is 12.2. The van der Waals surface area contributed by atoms with E-state index < -0.39 is 18.2 Å². The summed E-state index contributed by atoms with van der Waals surface area (Å²) in [7, 11) is 3.19. The van der Waals surface area contributed by atoms with Gasteiger partial charge in [-0.25, -0.2) is 4.79 Å². The summed E-state index contributed by atoms with van der Waals surface area (Å²) in [6.07, 6.45) is 2.20. The molecule has 5 rings (SSSR count). The zero-order valence-electron chi connectivity index (χ0n) is 21.5. The molecule has 0 bridgehead atoms. The Bertz CT molecular complexity index is 1480. The highest BCUT2D eigenvalue weighted by Gasteiger charge is 2.36. The molecule has 0 aliphatic carbocycles. The van der Waals surface area contributed by atoms with Gasteiger partial charge in [-0.3, -0.25) is 9.25 Å². The summed E-state index contributed by atoms with van der Waals surface area (Å²) in [5, 5.41) is 23.1. The summed E-state index contributed by atoms with van der Waals surface area (Å²) in [5.74, 6) is 1.64. The fourth-order valence-electron chi connectivity index (χ4n) is 4.78. The Morgan fingerprint density at radius 1 is 1.16 bits per heavy atom. The Hall–Kier alpha value is -3.89. The number of carboxylic acids is 1. The Labute approximate surface area is 224 Å². The lowest BCUT2D eigenvalue weighted by molar-refractivity contribution is -0.00438. The molecule has 1 aliphatic heterocycles. The molecule has 11 heteroatoms. The van der Waals surface area contributed by atoms with Crippen molar-refractivity contribution >= 4 is 17.6 Å². The van der Waals surface area contributed by atoms with Gasteiger partial charge in [0.05, 0.1) is 31.7 Å². The minimum Gasteiger partial charge on any atom is -0.493 e. The van der Waals surface area contributed by atoms with Gasteiger partial charge >= 0.3 is 5.97 Å². The van der Waals surface area contributed by atoms with Crippen molar-refractivity contribution in [1.82, 2.24) is 24.5 Å². The van der Waals surface area contributed by atoms with Crippen molar-refractivity contribution in [2.24, 2.45) is 0 Å². The number of carboxylic acid groups (broad SMARTS) is 1. The number of hydrogen-bond acceptors (Lipinski definition) is 7. The van der Waals surface area contributed by atoms with Gasteiger partial charge < -0.3 is 19.3 Å². The first kappa shape index (κ1) is 25.7. The number of fused-ring (bicyclic) bond motifs is 3. The number of para-hydroxylation sites is 1. The second-order valence-corrected chi connectivity index (χ2v) is 9.72. The number of benzene rings is 2. The van der Waals surface area contributed by atoms with Gasteiger partial charge in [0.25, 0.3) is 0 Å². The lowest BCUT2D eigenvalue weighted by Gasteiger charge is -2.25. The van der Waals surface area contributed by atoms with Crippen LogP contribution in [0.3, 0.4) is 0 Å². The molecule has 2 aromatic carbocycles. The number of carbonyl (C=O) groups is 1. The highest BCUT2D eigenvalue weighted by Crippen LogP contribution is 2.46. The second kappa shape index (κ2) is 10.5. The molecule has 10 nitrogen and oxygen atoms in total. The van der Waals surface area contributed by atoms with Crippen LogP contribution in [0.25, 0.3) is 5.69 Å². The van der Waals surface area contributed by atoms with Gasteiger partial charge in [-0.15, -0.1) is 10.2 Å². The molecule has 0 saturated heterocycles. The standard InChI is InChI=1S/C27H28ClN5O5/c1-15(2)25-30-31-26-22(10-11-32-14-16(13-29-32)27(34)35)38-23(18-6-5-7-21(36-3)24(18)37-4)19-12-17(28)8-9-20(19)33(25)26/h5-9,12-15,22-23H,10-11H2,1-4H3,(H,34,35)/t22-,23-/m1/s1. The van der Waals surface area contributed by atoms with E-state index in [1.54, 1.807) is 18.9 Å². The van der Waals surface area contributed by atoms with Gasteiger partial charge in [0.15, 0.2) is 17.3 Å². The number of hydrogen-bond donors (Lipinski definition) is 1. The number of halogens is 1. The minimum absolute atomic E-state index is 0.0903. The monoisotopic (exact) mass is 537 g/mol. The fourth-order valence-corrected chi connectivity index (χ4v) is 4.96. The maximum atomic E-state index is 11.3. The number of methoxy groups -OCH3 is 2. The van der Waals surface area contributed by atoms with Crippen LogP contribution < -0.4 is 9.47 Å². The van der Waals surface area contributed by atoms with Gasteiger partial charge in [0.2, 0.25) is 0 Å². The molecule has 38 heavy (non-hydrogen) atoms. The van der Waals surface area contributed by atoms with Crippen LogP contribution in [0.15, 0.2) is 48.8 Å². The third kappa shape index (κ3) is 4.61. The van der Waals surface area contributed by atoms with Crippen molar-refractivity contribution in [1.29, 1.82) is 0 Å². The second-order valence-electron chi connectivity index (χ2n) is 9.28. The fraction of sp³-hybridized carbons (Fsp3) is 0.333. The molecule has 2 aromatic heterocycles. The van der Waals surface area contributed by atoms with Gasteiger partial charge in [-0.1, -0.05) is 37.6 Å². The van der Waals surface area contributed by atoms with Crippen molar-refractivity contribution < 1.29 is 24.1 Å². The van der Waals surface area contributed by atoms with E-state index in [4.69, 9.17) is 25.8 Å².